The van der Waals surface area contributed by atoms with Crippen LogP contribution in [0.5, 0.6) is 5.75 Å². The van der Waals surface area contributed by atoms with Gasteiger partial charge in [-0.1, -0.05) is 5.21 Å². The Morgan fingerprint density at radius 3 is 2.70 bits per heavy atom. The minimum Gasteiger partial charge on any atom is -0.494 e. The van der Waals surface area contributed by atoms with Crippen LogP contribution < -0.4 is 4.74 Å². The molecule has 1 aromatic carbocycles. The van der Waals surface area contributed by atoms with Crippen molar-refractivity contribution in [1.82, 2.24) is 15.0 Å². The van der Waals surface area contributed by atoms with E-state index in [0.717, 1.165) is 0 Å². The van der Waals surface area contributed by atoms with Crippen LogP contribution in [0.15, 0.2) is 18.2 Å². The second-order valence-corrected chi connectivity index (χ2v) is 3.85. The van der Waals surface area contributed by atoms with Crippen molar-refractivity contribution in [3.8, 4) is 11.4 Å². The molecule has 1 N–H and O–H groups in total. The second-order valence-electron chi connectivity index (χ2n) is 3.85. The minimum absolute atomic E-state index is 0.137. The molecule has 9 nitrogen and oxygen atoms in total. The Labute approximate surface area is 112 Å². The van der Waals surface area contributed by atoms with Crippen molar-refractivity contribution in [1.29, 1.82) is 0 Å². The number of aromatic carboxylic acids is 1. The van der Waals surface area contributed by atoms with Gasteiger partial charge in [-0.3, -0.25) is 10.1 Å². The van der Waals surface area contributed by atoms with Gasteiger partial charge >= 0.3 is 5.97 Å². The van der Waals surface area contributed by atoms with Crippen LogP contribution in [0.2, 0.25) is 0 Å². The van der Waals surface area contributed by atoms with Crippen molar-refractivity contribution in [2.45, 2.75) is 6.92 Å². The van der Waals surface area contributed by atoms with E-state index in [1.165, 1.54) is 36.9 Å². The summed E-state index contributed by atoms with van der Waals surface area (Å²) >= 11 is 0. The predicted molar refractivity (Wildman–Crippen MR) is 66.3 cm³/mol. The molecule has 0 saturated heterocycles. The van der Waals surface area contributed by atoms with Crippen molar-refractivity contribution < 1.29 is 19.6 Å². The van der Waals surface area contributed by atoms with Gasteiger partial charge in [0.2, 0.25) is 0 Å². The third-order valence-electron chi connectivity index (χ3n) is 2.70. The van der Waals surface area contributed by atoms with Crippen molar-refractivity contribution in [2.24, 2.45) is 0 Å². The van der Waals surface area contributed by atoms with E-state index in [9.17, 15) is 14.9 Å². The summed E-state index contributed by atoms with van der Waals surface area (Å²) in [5, 5.41) is 26.9. The number of nitro benzene ring substituents is 1. The van der Waals surface area contributed by atoms with E-state index in [-0.39, 0.29) is 17.1 Å². The van der Waals surface area contributed by atoms with Crippen LogP contribution in [0.1, 0.15) is 16.2 Å². The number of nitrogens with zero attached hydrogens (tertiary/aromatic N) is 4. The molecule has 0 aliphatic heterocycles. The number of carboxylic acid groups (broad SMARTS) is 1. The predicted octanol–water partition coefficient (Wildman–Crippen LogP) is 1.19. The Bertz CT molecular complexity index is 694. The standard InChI is InChI=1S/C11H10N4O5/c1-6-10(11(16)17)12-13-14(6)8-4-3-7(15(18)19)5-9(8)20-2/h3-5H,1-2H3,(H,16,17). The second kappa shape index (κ2) is 4.96. The van der Waals surface area contributed by atoms with Gasteiger partial charge in [-0.2, -0.15) is 0 Å². The van der Waals surface area contributed by atoms with E-state index >= 15 is 0 Å². The smallest absolute Gasteiger partial charge is 0.358 e. The highest BCUT2D eigenvalue weighted by Gasteiger charge is 2.19. The summed E-state index contributed by atoms with van der Waals surface area (Å²) in [5.74, 6) is -1.00. The third kappa shape index (κ3) is 2.16. The number of hydrogen-bond acceptors (Lipinski definition) is 6. The lowest BCUT2D eigenvalue weighted by Crippen LogP contribution is -2.04. The minimum atomic E-state index is -1.20. The molecular formula is C11H10N4O5. The van der Waals surface area contributed by atoms with Crippen LogP contribution in [0.3, 0.4) is 0 Å². The molecule has 104 valence electrons. The van der Waals surface area contributed by atoms with Crippen molar-refractivity contribution in [2.75, 3.05) is 7.11 Å². The number of aromatic nitrogens is 3. The summed E-state index contributed by atoms with van der Waals surface area (Å²) in [4.78, 5) is 21.1. The van der Waals surface area contributed by atoms with Gasteiger partial charge in [0.25, 0.3) is 5.69 Å². The van der Waals surface area contributed by atoms with E-state index in [0.29, 0.717) is 11.4 Å². The number of hydrogen-bond donors (Lipinski definition) is 1. The first-order chi connectivity index (χ1) is 9.45. The largest absolute Gasteiger partial charge is 0.494 e. The molecule has 2 aromatic rings. The maximum Gasteiger partial charge on any atom is 0.358 e. The maximum atomic E-state index is 10.9. The van der Waals surface area contributed by atoms with E-state index in [2.05, 4.69) is 10.3 Å². The molecule has 2 rings (SSSR count). The maximum absolute atomic E-state index is 10.9. The Balaban J connectivity index is 2.58. The molecular weight excluding hydrogens is 268 g/mol. The third-order valence-corrected chi connectivity index (χ3v) is 2.70. The fourth-order valence-corrected chi connectivity index (χ4v) is 1.71. The highest BCUT2D eigenvalue weighted by Crippen LogP contribution is 2.28. The van der Waals surface area contributed by atoms with Crippen LogP contribution in [-0.2, 0) is 0 Å². The zero-order valence-electron chi connectivity index (χ0n) is 10.6. The van der Waals surface area contributed by atoms with Gasteiger partial charge in [0.15, 0.2) is 11.4 Å². The van der Waals surface area contributed by atoms with Crippen LogP contribution in [0.4, 0.5) is 5.69 Å². The van der Waals surface area contributed by atoms with Crippen LogP contribution >= 0.6 is 0 Å². The van der Waals surface area contributed by atoms with Gasteiger partial charge in [-0.05, 0) is 13.0 Å². The number of carbonyl (C=O) groups is 1. The summed E-state index contributed by atoms with van der Waals surface area (Å²) in [6.45, 7) is 1.53. The molecule has 0 bridgehead atoms. The van der Waals surface area contributed by atoms with Crippen molar-refractivity contribution in [3.63, 3.8) is 0 Å². The van der Waals surface area contributed by atoms with E-state index < -0.39 is 10.9 Å². The number of rotatable bonds is 4. The Morgan fingerprint density at radius 1 is 1.50 bits per heavy atom. The lowest BCUT2D eigenvalue weighted by molar-refractivity contribution is -0.384. The molecule has 0 atom stereocenters. The summed E-state index contributed by atoms with van der Waals surface area (Å²) in [6.07, 6.45) is 0. The average molecular weight is 278 g/mol. The number of benzene rings is 1. The SMILES string of the molecule is COc1cc([N+](=O)[O-])ccc1-n1nnc(C(=O)O)c1C. The molecule has 0 radical (unpaired) electrons. The molecule has 20 heavy (non-hydrogen) atoms. The zero-order valence-corrected chi connectivity index (χ0v) is 10.6. The van der Waals surface area contributed by atoms with Gasteiger partial charge in [-0.15, -0.1) is 5.10 Å². The van der Waals surface area contributed by atoms with Crippen LogP contribution in [0.25, 0.3) is 5.69 Å². The fourth-order valence-electron chi connectivity index (χ4n) is 1.71. The topological polar surface area (TPSA) is 120 Å². The van der Waals surface area contributed by atoms with Gasteiger partial charge < -0.3 is 9.84 Å². The number of nitro groups is 1. The van der Waals surface area contributed by atoms with Crippen LogP contribution in [-0.4, -0.2) is 38.1 Å². The highest BCUT2D eigenvalue weighted by atomic mass is 16.6. The molecule has 0 amide bonds. The molecule has 0 fully saturated rings. The number of non-ortho nitro benzene ring substituents is 1. The van der Waals surface area contributed by atoms with E-state index in [1.54, 1.807) is 0 Å². The molecule has 0 aliphatic carbocycles. The first kappa shape index (κ1) is 13.5. The molecule has 1 heterocycles. The average Bonchev–Trinajstić information content (AvgIpc) is 2.79. The Morgan fingerprint density at radius 2 is 2.20 bits per heavy atom. The normalized spacial score (nSPS) is 10.3. The van der Waals surface area contributed by atoms with Crippen LogP contribution in [0, 0.1) is 17.0 Å². The quantitative estimate of drug-likeness (QED) is 0.658. The summed E-state index contributed by atoms with van der Waals surface area (Å²) < 4.78 is 6.33. The monoisotopic (exact) mass is 278 g/mol. The summed E-state index contributed by atoms with van der Waals surface area (Å²) in [6, 6.07) is 3.93. The zero-order chi connectivity index (χ0) is 14.9. The van der Waals surface area contributed by atoms with Gasteiger partial charge in [0, 0.05) is 6.07 Å². The highest BCUT2D eigenvalue weighted by molar-refractivity contribution is 5.86. The number of methoxy groups -OCH3 is 1. The molecule has 0 unspecified atom stereocenters. The molecule has 0 spiro atoms. The van der Waals surface area contributed by atoms with E-state index in [1.807, 2.05) is 0 Å². The molecule has 0 saturated carbocycles. The summed E-state index contributed by atoms with van der Waals surface area (Å²) in [7, 11) is 1.35. The van der Waals surface area contributed by atoms with Gasteiger partial charge in [0.1, 0.15) is 5.69 Å². The van der Waals surface area contributed by atoms with Crippen molar-refractivity contribution >= 4 is 11.7 Å². The number of carboxylic acids is 1. The van der Waals surface area contributed by atoms with Gasteiger partial charge in [0.05, 0.1) is 23.8 Å². The fraction of sp³-hybridized carbons (Fsp3) is 0.182. The lowest BCUT2D eigenvalue weighted by atomic mass is 10.2. The molecule has 1 aromatic heterocycles. The first-order valence-electron chi connectivity index (χ1n) is 5.44. The molecule has 9 heteroatoms. The molecule has 0 aliphatic rings. The van der Waals surface area contributed by atoms with Gasteiger partial charge in [-0.25, -0.2) is 9.48 Å². The lowest BCUT2D eigenvalue weighted by Gasteiger charge is -2.08. The Kier molecular flexibility index (Phi) is 3.34. The van der Waals surface area contributed by atoms with E-state index in [4.69, 9.17) is 9.84 Å². The van der Waals surface area contributed by atoms with Crippen molar-refractivity contribution in [3.05, 3.63) is 39.7 Å². The summed E-state index contributed by atoms with van der Waals surface area (Å²) in [5.41, 5.74) is 0.340. The first-order valence-corrected chi connectivity index (χ1v) is 5.44. The number of ether oxygens (including phenoxy) is 1. The Hall–Kier alpha value is -2.97.